The number of fused-ring (bicyclic) bond motifs is 1. The summed E-state index contributed by atoms with van der Waals surface area (Å²) >= 11 is 0. The highest BCUT2D eigenvalue weighted by Gasteiger charge is 2.10. The van der Waals surface area contributed by atoms with E-state index < -0.39 is 0 Å². The summed E-state index contributed by atoms with van der Waals surface area (Å²) in [7, 11) is 3.19. The number of carbonyl (C=O) groups excluding carboxylic acids is 1. The fraction of sp³-hybridized carbons (Fsp3) is 0.263. The largest absolute Gasteiger partial charge is 0.493 e. The van der Waals surface area contributed by atoms with E-state index in [1.807, 2.05) is 31.2 Å². The SMILES string of the molecule is CCNC(=O)Cc1cnc2ncc(-c3ccc(OC)c(OC)c3)cc2n1. The summed E-state index contributed by atoms with van der Waals surface area (Å²) in [6, 6.07) is 7.55. The molecule has 0 aliphatic heterocycles. The lowest BCUT2D eigenvalue weighted by Crippen LogP contribution is -2.24. The van der Waals surface area contributed by atoms with Crippen LogP contribution in [0.3, 0.4) is 0 Å². The van der Waals surface area contributed by atoms with Crippen LogP contribution in [-0.2, 0) is 11.2 Å². The number of carbonyl (C=O) groups is 1. The van der Waals surface area contributed by atoms with Gasteiger partial charge in [0.2, 0.25) is 5.91 Å². The van der Waals surface area contributed by atoms with Crippen LogP contribution in [0.15, 0.2) is 36.7 Å². The lowest BCUT2D eigenvalue weighted by atomic mass is 10.1. The number of amides is 1. The molecule has 0 fully saturated rings. The second kappa shape index (κ2) is 7.77. The van der Waals surface area contributed by atoms with Gasteiger partial charge in [-0.1, -0.05) is 6.07 Å². The average Bonchev–Trinajstić information content (AvgIpc) is 2.67. The Morgan fingerprint density at radius 2 is 1.81 bits per heavy atom. The number of nitrogens with zero attached hydrogens (tertiary/aromatic N) is 3. The standard InChI is InChI=1S/C19H20N4O3/c1-4-20-18(24)9-14-11-22-19-15(23-14)7-13(10-21-19)12-5-6-16(25-2)17(8-12)26-3/h5-8,10-11H,4,9H2,1-3H3,(H,20,24). The van der Waals surface area contributed by atoms with Crippen LogP contribution in [0.5, 0.6) is 11.5 Å². The summed E-state index contributed by atoms with van der Waals surface area (Å²) < 4.78 is 10.6. The maximum atomic E-state index is 11.7. The van der Waals surface area contributed by atoms with E-state index in [2.05, 4.69) is 20.3 Å². The van der Waals surface area contributed by atoms with E-state index in [0.29, 0.717) is 34.9 Å². The van der Waals surface area contributed by atoms with E-state index in [4.69, 9.17) is 9.47 Å². The topological polar surface area (TPSA) is 86.2 Å². The Morgan fingerprint density at radius 1 is 1.04 bits per heavy atom. The van der Waals surface area contributed by atoms with Gasteiger partial charge >= 0.3 is 0 Å². The molecule has 134 valence electrons. The smallest absolute Gasteiger partial charge is 0.226 e. The molecule has 2 aromatic heterocycles. The minimum atomic E-state index is -0.0786. The molecule has 0 unspecified atom stereocenters. The predicted octanol–water partition coefficient (Wildman–Crippen LogP) is 2.39. The zero-order valence-corrected chi connectivity index (χ0v) is 14.9. The van der Waals surface area contributed by atoms with E-state index in [1.54, 1.807) is 26.6 Å². The quantitative estimate of drug-likeness (QED) is 0.733. The number of ether oxygens (including phenoxy) is 2. The summed E-state index contributed by atoms with van der Waals surface area (Å²) in [6.07, 6.45) is 3.51. The Labute approximate surface area is 151 Å². The lowest BCUT2D eigenvalue weighted by molar-refractivity contribution is -0.120. The van der Waals surface area contributed by atoms with E-state index in [0.717, 1.165) is 11.1 Å². The Balaban J connectivity index is 1.96. The van der Waals surface area contributed by atoms with Crippen molar-refractivity contribution >= 4 is 17.1 Å². The van der Waals surface area contributed by atoms with Crippen LogP contribution in [0.25, 0.3) is 22.3 Å². The van der Waals surface area contributed by atoms with Crippen LogP contribution in [-0.4, -0.2) is 41.6 Å². The molecule has 26 heavy (non-hydrogen) atoms. The molecule has 0 aliphatic carbocycles. The number of hydrogen-bond donors (Lipinski definition) is 1. The molecule has 0 aliphatic rings. The Hall–Kier alpha value is -3.22. The maximum absolute atomic E-state index is 11.7. The van der Waals surface area contributed by atoms with Crippen molar-refractivity contribution < 1.29 is 14.3 Å². The minimum absolute atomic E-state index is 0.0786. The summed E-state index contributed by atoms with van der Waals surface area (Å²) in [4.78, 5) is 24.9. The van der Waals surface area contributed by atoms with Crippen molar-refractivity contribution in [3.63, 3.8) is 0 Å². The van der Waals surface area contributed by atoms with Gasteiger partial charge in [-0.3, -0.25) is 4.79 Å². The van der Waals surface area contributed by atoms with Gasteiger partial charge < -0.3 is 14.8 Å². The molecule has 7 heteroatoms. The van der Waals surface area contributed by atoms with Gasteiger partial charge in [0.25, 0.3) is 0 Å². The van der Waals surface area contributed by atoms with E-state index in [-0.39, 0.29) is 12.3 Å². The summed E-state index contributed by atoms with van der Waals surface area (Å²) in [5.74, 6) is 1.22. The Kier molecular flexibility index (Phi) is 5.26. The molecule has 1 aromatic carbocycles. The highest BCUT2D eigenvalue weighted by Crippen LogP contribution is 2.32. The third kappa shape index (κ3) is 3.72. The molecule has 0 saturated heterocycles. The number of nitrogens with one attached hydrogen (secondary N) is 1. The van der Waals surface area contributed by atoms with Crippen molar-refractivity contribution in [3.05, 3.63) is 42.4 Å². The van der Waals surface area contributed by atoms with Crippen LogP contribution in [0.1, 0.15) is 12.6 Å². The monoisotopic (exact) mass is 352 g/mol. The Morgan fingerprint density at radius 3 is 2.54 bits per heavy atom. The fourth-order valence-electron chi connectivity index (χ4n) is 2.63. The number of rotatable bonds is 6. The summed E-state index contributed by atoms with van der Waals surface area (Å²) in [6.45, 7) is 2.47. The molecule has 3 aromatic rings. The number of benzene rings is 1. The van der Waals surface area contributed by atoms with Gasteiger partial charge in [0, 0.05) is 18.3 Å². The molecular weight excluding hydrogens is 332 g/mol. The van der Waals surface area contributed by atoms with Gasteiger partial charge in [0.05, 0.1) is 32.5 Å². The minimum Gasteiger partial charge on any atom is -0.493 e. The molecule has 1 N–H and O–H groups in total. The predicted molar refractivity (Wildman–Crippen MR) is 98.3 cm³/mol. The first-order valence-electron chi connectivity index (χ1n) is 8.25. The van der Waals surface area contributed by atoms with Gasteiger partial charge in [-0.15, -0.1) is 0 Å². The van der Waals surface area contributed by atoms with Gasteiger partial charge in [-0.25, -0.2) is 15.0 Å². The zero-order valence-electron chi connectivity index (χ0n) is 14.9. The third-order valence-corrected chi connectivity index (χ3v) is 3.88. The normalized spacial score (nSPS) is 10.6. The van der Waals surface area contributed by atoms with E-state index in [9.17, 15) is 4.79 Å². The molecule has 0 atom stereocenters. The molecule has 0 saturated carbocycles. The second-order valence-corrected chi connectivity index (χ2v) is 5.63. The zero-order chi connectivity index (χ0) is 18.5. The van der Waals surface area contributed by atoms with E-state index >= 15 is 0 Å². The molecule has 1 amide bonds. The van der Waals surface area contributed by atoms with Gasteiger partial charge in [0.15, 0.2) is 17.1 Å². The molecular formula is C19H20N4O3. The maximum Gasteiger partial charge on any atom is 0.226 e. The van der Waals surface area contributed by atoms with Crippen LogP contribution >= 0.6 is 0 Å². The highest BCUT2D eigenvalue weighted by atomic mass is 16.5. The van der Waals surface area contributed by atoms with Gasteiger partial charge in [-0.2, -0.15) is 0 Å². The summed E-state index contributed by atoms with van der Waals surface area (Å²) in [5, 5.41) is 2.75. The van der Waals surface area contributed by atoms with Crippen molar-refractivity contribution in [2.75, 3.05) is 20.8 Å². The molecule has 0 radical (unpaired) electrons. The molecule has 0 spiro atoms. The van der Waals surface area contributed by atoms with Crippen LogP contribution in [0.2, 0.25) is 0 Å². The number of pyridine rings is 1. The van der Waals surface area contributed by atoms with Crippen LogP contribution in [0, 0.1) is 0 Å². The lowest BCUT2D eigenvalue weighted by Gasteiger charge is -2.10. The van der Waals surface area contributed by atoms with Gasteiger partial charge in [-0.05, 0) is 30.7 Å². The van der Waals surface area contributed by atoms with Crippen LogP contribution < -0.4 is 14.8 Å². The first-order chi connectivity index (χ1) is 12.6. The second-order valence-electron chi connectivity index (χ2n) is 5.63. The number of hydrogen-bond acceptors (Lipinski definition) is 6. The number of likely N-dealkylation sites (N-methyl/N-ethyl adjacent to an activating group) is 1. The number of methoxy groups -OCH3 is 2. The van der Waals surface area contributed by atoms with E-state index in [1.165, 1.54) is 0 Å². The average molecular weight is 352 g/mol. The van der Waals surface area contributed by atoms with Crippen molar-refractivity contribution in [1.82, 2.24) is 20.3 Å². The van der Waals surface area contributed by atoms with Crippen molar-refractivity contribution in [2.45, 2.75) is 13.3 Å². The summed E-state index contributed by atoms with van der Waals surface area (Å²) in [5.41, 5.74) is 3.58. The highest BCUT2D eigenvalue weighted by molar-refractivity contribution is 5.80. The third-order valence-electron chi connectivity index (χ3n) is 3.88. The van der Waals surface area contributed by atoms with Crippen molar-refractivity contribution in [1.29, 1.82) is 0 Å². The van der Waals surface area contributed by atoms with Crippen molar-refractivity contribution in [3.8, 4) is 22.6 Å². The first-order valence-corrected chi connectivity index (χ1v) is 8.25. The van der Waals surface area contributed by atoms with Gasteiger partial charge in [0.1, 0.15) is 5.52 Å². The fourth-order valence-corrected chi connectivity index (χ4v) is 2.63. The van der Waals surface area contributed by atoms with Crippen LogP contribution in [0.4, 0.5) is 0 Å². The first kappa shape index (κ1) is 17.6. The molecule has 2 heterocycles. The molecule has 0 bridgehead atoms. The molecule has 7 nitrogen and oxygen atoms in total. The molecule has 3 rings (SSSR count). The Bertz CT molecular complexity index is 943. The number of aromatic nitrogens is 3. The van der Waals surface area contributed by atoms with Crippen molar-refractivity contribution in [2.24, 2.45) is 0 Å².